The zero-order valence-corrected chi connectivity index (χ0v) is 12.6. The molecule has 4 nitrogen and oxygen atoms in total. The van der Waals surface area contributed by atoms with E-state index in [-0.39, 0.29) is 18.2 Å². The highest BCUT2D eigenvalue weighted by Gasteiger charge is 2.14. The number of aliphatic hydroxyl groups excluding tert-OH is 1. The van der Waals surface area contributed by atoms with Crippen molar-refractivity contribution in [3.8, 4) is 9.75 Å². The van der Waals surface area contributed by atoms with E-state index >= 15 is 0 Å². The second kappa shape index (κ2) is 6.26. The lowest BCUT2D eigenvalue weighted by molar-refractivity contribution is 0.0890. The fourth-order valence-corrected chi connectivity index (χ4v) is 3.70. The van der Waals surface area contributed by atoms with Crippen molar-refractivity contribution in [2.75, 3.05) is 6.54 Å². The minimum absolute atomic E-state index is 0.157. The number of aliphatic hydroxyl groups is 1. The van der Waals surface area contributed by atoms with E-state index in [1.807, 2.05) is 29.6 Å². The normalized spacial score (nSPS) is 12.2. The van der Waals surface area contributed by atoms with E-state index in [9.17, 15) is 9.90 Å². The van der Waals surface area contributed by atoms with Gasteiger partial charge in [-0.2, -0.15) is 0 Å². The van der Waals surface area contributed by atoms with Gasteiger partial charge in [0.1, 0.15) is 6.10 Å². The predicted octanol–water partition coefficient (Wildman–Crippen LogP) is 3.53. The molecule has 3 aromatic rings. The molecule has 0 bridgehead atoms. The Bertz CT molecular complexity index is 701. The minimum atomic E-state index is -0.720. The van der Waals surface area contributed by atoms with Crippen molar-refractivity contribution < 1.29 is 14.3 Å². The zero-order chi connectivity index (χ0) is 14.7. The van der Waals surface area contributed by atoms with Crippen LogP contribution in [0.15, 0.2) is 52.5 Å². The van der Waals surface area contributed by atoms with Gasteiger partial charge in [0.05, 0.1) is 6.26 Å². The number of thiophene rings is 2. The molecule has 0 aliphatic rings. The van der Waals surface area contributed by atoms with Crippen molar-refractivity contribution in [3.05, 3.63) is 58.7 Å². The van der Waals surface area contributed by atoms with Crippen LogP contribution < -0.4 is 5.32 Å². The molecule has 0 aliphatic carbocycles. The number of hydrogen-bond donors (Lipinski definition) is 2. The lowest BCUT2D eigenvalue weighted by atomic mass is 10.2. The van der Waals surface area contributed by atoms with Crippen LogP contribution in [-0.2, 0) is 0 Å². The Kier molecular flexibility index (Phi) is 4.19. The third kappa shape index (κ3) is 3.24. The highest BCUT2D eigenvalue weighted by Crippen LogP contribution is 2.33. The Balaban J connectivity index is 1.61. The van der Waals surface area contributed by atoms with Crippen molar-refractivity contribution >= 4 is 28.6 Å². The van der Waals surface area contributed by atoms with Gasteiger partial charge in [-0.3, -0.25) is 4.79 Å². The molecule has 0 spiro atoms. The molecule has 0 aromatic carbocycles. The summed E-state index contributed by atoms with van der Waals surface area (Å²) in [4.78, 5) is 14.9. The molecule has 0 saturated carbocycles. The largest absolute Gasteiger partial charge is 0.459 e. The first-order chi connectivity index (χ1) is 10.2. The summed E-state index contributed by atoms with van der Waals surface area (Å²) >= 11 is 3.20. The molecule has 21 heavy (non-hydrogen) atoms. The van der Waals surface area contributed by atoms with Crippen molar-refractivity contribution in [1.29, 1.82) is 0 Å². The molecule has 3 heterocycles. The molecule has 3 aromatic heterocycles. The van der Waals surface area contributed by atoms with E-state index in [0.717, 1.165) is 9.75 Å². The van der Waals surface area contributed by atoms with E-state index in [2.05, 4.69) is 5.32 Å². The van der Waals surface area contributed by atoms with E-state index in [4.69, 9.17) is 4.42 Å². The number of hydrogen-bond acceptors (Lipinski definition) is 5. The monoisotopic (exact) mass is 319 g/mol. The van der Waals surface area contributed by atoms with Gasteiger partial charge >= 0.3 is 0 Å². The summed E-state index contributed by atoms with van der Waals surface area (Å²) < 4.78 is 5.00. The van der Waals surface area contributed by atoms with Gasteiger partial charge in [0, 0.05) is 21.2 Å². The van der Waals surface area contributed by atoms with Gasteiger partial charge in [0.25, 0.3) is 5.91 Å². The van der Waals surface area contributed by atoms with Crippen LogP contribution in [0.2, 0.25) is 0 Å². The Morgan fingerprint density at radius 3 is 2.86 bits per heavy atom. The molecule has 108 valence electrons. The molecule has 6 heteroatoms. The van der Waals surface area contributed by atoms with Crippen LogP contribution in [0.1, 0.15) is 21.5 Å². The van der Waals surface area contributed by atoms with E-state index in [1.165, 1.54) is 22.5 Å². The van der Waals surface area contributed by atoms with Gasteiger partial charge in [-0.25, -0.2) is 0 Å². The van der Waals surface area contributed by atoms with Gasteiger partial charge in [0.2, 0.25) is 0 Å². The Morgan fingerprint density at radius 1 is 1.24 bits per heavy atom. The van der Waals surface area contributed by atoms with E-state index in [0.29, 0.717) is 0 Å². The Morgan fingerprint density at radius 2 is 2.14 bits per heavy atom. The molecular weight excluding hydrogens is 306 g/mol. The lowest BCUT2D eigenvalue weighted by Gasteiger charge is -2.09. The first kappa shape index (κ1) is 14.1. The SMILES string of the molecule is O=C(NC[C@H](O)c1ccc(-c2cccs2)s1)c1ccco1. The number of rotatable bonds is 5. The average molecular weight is 319 g/mol. The summed E-state index contributed by atoms with van der Waals surface area (Å²) in [6.07, 6.45) is 0.723. The predicted molar refractivity (Wildman–Crippen MR) is 83.6 cm³/mol. The number of furan rings is 1. The second-order valence-corrected chi connectivity index (χ2v) is 6.45. The van der Waals surface area contributed by atoms with Crippen molar-refractivity contribution in [2.45, 2.75) is 6.10 Å². The summed E-state index contributed by atoms with van der Waals surface area (Å²) in [5.74, 6) is -0.0817. The zero-order valence-electron chi connectivity index (χ0n) is 11.0. The maximum Gasteiger partial charge on any atom is 0.287 e. The van der Waals surface area contributed by atoms with Crippen molar-refractivity contribution in [2.24, 2.45) is 0 Å². The minimum Gasteiger partial charge on any atom is -0.459 e. The molecule has 0 radical (unpaired) electrons. The highest BCUT2D eigenvalue weighted by atomic mass is 32.1. The molecular formula is C15H13NO3S2. The van der Waals surface area contributed by atoms with Crippen molar-refractivity contribution in [1.82, 2.24) is 5.32 Å². The van der Waals surface area contributed by atoms with Crippen LogP contribution in [0.25, 0.3) is 9.75 Å². The van der Waals surface area contributed by atoms with Gasteiger partial charge in [0.15, 0.2) is 5.76 Å². The molecule has 1 amide bonds. The van der Waals surface area contributed by atoms with Crippen LogP contribution in [-0.4, -0.2) is 17.6 Å². The fraction of sp³-hybridized carbons (Fsp3) is 0.133. The first-order valence-corrected chi connectivity index (χ1v) is 8.07. The molecule has 0 fully saturated rings. The number of carbonyl (C=O) groups is 1. The van der Waals surface area contributed by atoms with Crippen molar-refractivity contribution in [3.63, 3.8) is 0 Å². The summed E-state index contributed by atoms with van der Waals surface area (Å²) in [7, 11) is 0. The number of amides is 1. The molecule has 0 aliphatic heterocycles. The second-order valence-electron chi connectivity index (χ2n) is 4.38. The van der Waals surface area contributed by atoms with Crippen LogP contribution in [0.3, 0.4) is 0 Å². The third-order valence-electron chi connectivity index (χ3n) is 2.92. The summed E-state index contributed by atoms with van der Waals surface area (Å²) in [6, 6.07) is 11.2. The topological polar surface area (TPSA) is 62.5 Å². The Labute approximate surface area is 129 Å². The maximum absolute atomic E-state index is 11.7. The van der Waals surface area contributed by atoms with Gasteiger partial charge in [-0.15, -0.1) is 22.7 Å². The van der Waals surface area contributed by atoms with Crippen LogP contribution in [0, 0.1) is 0 Å². The third-order valence-corrected chi connectivity index (χ3v) is 5.17. The smallest absolute Gasteiger partial charge is 0.287 e. The molecule has 3 rings (SSSR count). The van der Waals surface area contributed by atoms with Crippen LogP contribution in [0.4, 0.5) is 0 Å². The first-order valence-electron chi connectivity index (χ1n) is 6.37. The molecule has 0 unspecified atom stereocenters. The summed E-state index contributed by atoms with van der Waals surface area (Å²) in [6.45, 7) is 0.157. The van der Waals surface area contributed by atoms with Crippen LogP contribution in [0.5, 0.6) is 0 Å². The molecule has 2 N–H and O–H groups in total. The van der Waals surface area contributed by atoms with Gasteiger partial charge < -0.3 is 14.8 Å². The average Bonchev–Trinajstić information content (AvgIpc) is 3.25. The maximum atomic E-state index is 11.7. The summed E-state index contributed by atoms with van der Waals surface area (Å²) in [5.41, 5.74) is 0. The van der Waals surface area contributed by atoms with E-state index < -0.39 is 6.10 Å². The summed E-state index contributed by atoms with van der Waals surface area (Å²) in [5, 5.41) is 14.8. The van der Waals surface area contributed by atoms with E-state index in [1.54, 1.807) is 23.5 Å². The van der Waals surface area contributed by atoms with Gasteiger partial charge in [-0.1, -0.05) is 6.07 Å². The quantitative estimate of drug-likeness (QED) is 0.756. The Hall–Kier alpha value is -1.89. The lowest BCUT2D eigenvalue weighted by Crippen LogP contribution is -2.27. The van der Waals surface area contributed by atoms with Crippen LogP contribution >= 0.6 is 22.7 Å². The van der Waals surface area contributed by atoms with Gasteiger partial charge in [-0.05, 0) is 35.7 Å². The molecule has 1 atom stereocenters. The number of carbonyl (C=O) groups excluding carboxylic acids is 1. The number of nitrogens with one attached hydrogen (secondary N) is 1. The fourth-order valence-electron chi connectivity index (χ4n) is 1.87. The highest BCUT2D eigenvalue weighted by molar-refractivity contribution is 7.21. The standard InChI is InChI=1S/C15H13NO3S2/c17-10(9-16-15(18)11-3-1-7-19-11)12-5-6-14(21-12)13-4-2-8-20-13/h1-8,10,17H,9H2,(H,16,18)/t10-/m0/s1. The molecule has 0 saturated heterocycles.